The van der Waals surface area contributed by atoms with Crippen molar-refractivity contribution in [3.05, 3.63) is 17.1 Å². The molecule has 2 aliphatic rings. The third-order valence-corrected chi connectivity index (χ3v) is 4.29. The third-order valence-electron chi connectivity index (χ3n) is 4.29. The average molecular weight is 303 g/mol. The van der Waals surface area contributed by atoms with E-state index < -0.39 is 0 Å². The summed E-state index contributed by atoms with van der Waals surface area (Å²) in [6.07, 6.45) is 4.29. The largest absolute Gasteiger partial charge is 0.376 e. The molecule has 0 unspecified atom stereocenters. The Morgan fingerprint density at radius 3 is 3.09 bits per heavy atom. The van der Waals surface area contributed by atoms with Crippen LogP contribution in [0, 0.1) is 5.92 Å². The number of fused-ring (bicyclic) bond motifs is 1. The normalized spacial score (nSPS) is 17.7. The second-order valence-corrected chi connectivity index (χ2v) is 6.07. The lowest BCUT2D eigenvalue weighted by Gasteiger charge is -2.14. The number of nitrogens with one attached hydrogen (secondary N) is 1. The van der Waals surface area contributed by atoms with Crippen molar-refractivity contribution in [1.29, 1.82) is 0 Å². The molecule has 3 heterocycles. The minimum atomic E-state index is 0.516. The number of likely N-dealkylation sites (N-methyl/N-ethyl adjacent to an activating group) is 1. The fourth-order valence-corrected chi connectivity index (χ4v) is 2.86. The number of ether oxygens (including phenoxy) is 1. The maximum absolute atomic E-state index is 5.61. The number of hydrogen-bond acceptors (Lipinski definition) is 6. The zero-order valence-corrected chi connectivity index (χ0v) is 12.8. The SMILES string of the molecule is CNCCc1noc(-c2nn(CC3CC3)c3c2COCC3)n1. The van der Waals surface area contributed by atoms with Gasteiger partial charge in [-0.3, -0.25) is 4.68 Å². The second-order valence-electron chi connectivity index (χ2n) is 6.07. The van der Waals surface area contributed by atoms with Gasteiger partial charge in [0, 0.05) is 37.2 Å². The molecule has 0 amide bonds. The highest BCUT2D eigenvalue weighted by molar-refractivity contribution is 5.55. The molecule has 0 aromatic carbocycles. The van der Waals surface area contributed by atoms with Crippen LogP contribution in [0.25, 0.3) is 11.6 Å². The van der Waals surface area contributed by atoms with Gasteiger partial charge in [-0.2, -0.15) is 10.1 Å². The molecule has 0 radical (unpaired) electrons. The summed E-state index contributed by atoms with van der Waals surface area (Å²) in [5.74, 6) is 2.02. The fraction of sp³-hybridized carbons (Fsp3) is 0.667. The first kappa shape index (κ1) is 13.9. The number of rotatable bonds is 6. The summed E-state index contributed by atoms with van der Waals surface area (Å²) in [7, 11) is 1.91. The smallest absolute Gasteiger partial charge is 0.278 e. The Morgan fingerprint density at radius 1 is 1.36 bits per heavy atom. The maximum Gasteiger partial charge on any atom is 0.278 e. The van der Waals surface area contributed by atoms with E-state index in [0.717, 1.165) is 49.7 Å². The highest BCUT2D eigenvalue weighted by Gasteiger charge is 2.29. The molecular weight excluding hydrogens is 282 g/mol. The quantitative estimate of drug-likeness (QED) is 0.863. The Bertz CT molecular complexity index is 659. The predicted octanol–water partition coefficient (Wildman–Crippen LogP) is 1.18. The molecule has 1 aliphatic carbocycles. The molecule has 0 atom stereocenters. The van der Waals surface area contributed by atoms with E-state index in [1.165, 1.54) is 18.5 Å². The molecule has 118 valence electrons. The first-order valence-corrected chi connectivity index (χ1v) is 7.99. The van der Waals surface area contributed by atoms with Crippen LogP contribution in [0.4, 0.5) is 0 Å². The topological polar surface area (TPSA) is 78.0 Å². The highest BCUT2D eigenvalue weighted by atomic mass is 16.5. The van der Waals surface area contributed by atoms with Gasteiger partial charge < -0.3 is 14.6 Å². The number of hydrogen-bond donors (Lipinski definition) is 1. The van der Waals surface area contributed by atoms with Gasteiger partial charge >= 0.3 is 0 Å². The number of nitrogens with zero attached hydrogens (tertiary/aromatic N) is 4. The standard InChI is InChI=1S/C15H21N5O2/c1-16-6-4-13-17-15(22-19-13)14-11-9-21-7-5-12(11)20(18-14)8-10-2-3-10/h10,16H,2-9H2,1H3. The summed E-state index contributed by atoms with van der Waals surface area (Å²) in [6, 6.07) is 0. The second kappa shape index (κ2) is 5.81. The van der Waals surface area contributed by atoms with Gasteiger partial charge in [0.1, 0.15) is 0 Å². The lowest BCUT2D eigenvalue weighted by Crippen LogP contribution is -2.14. The lowest BCUT2D eigenvalue weighted by molar-refractivity contribution is 0.109. The summed E-state index contributed by atoms with van der Waals surface area (Å²) >= 11 is 0. The van der Waals surface area contributed by atoms with Gasteiger partial charge in [-0.05, 0) is 25.8 Å². The van der Waals surface area contributed by atoms with E-state index >= 15 is 0 Å². The molecule has 1 fully saturated rings. The van der Waals surface area contributed by atoms with Crippen molar-refractivity contribution in [2.75, 3.05) is 20.2 Å². The molecule has 1 aliphatic heterocycles. The van der Waals surface area contributed by atoms with Crippen LogP contribution < -0.4 is 5.32 Å². The zero-order valence-electron chi connectivity index (χ0n) is 12.8. The fourth-order valence-electron chi connectivity index (χ4n) is 2.86. The minimum Gasteiger partial charge on any atom is -0.376 e. The Labute approximate surface area is 129 Å². The van der Waals surface area contributed by atoms with Crippen LogP contribution in [0.15, 0.2) is 4.52 Å². The van der Waals surface area contributed by atoms with Crippen LogP contribution in [-0.2, 0) is 30.7 Å². The van der Waals surface area contributed by atoms with Gasteiger partial charge in [0.15, 0.2) is 11.5 Å². The van der Waals surface area contributed by atoms with E-state index in [2.05, 4.69) is 20.1 Å². The monoisotopic (exact) mass is 303 g/mol. The van der Waals surface area contributed by atoms with E-state index in [1.807, 2.05) is 7.05 Å². The molecule has 7 heteroatoms. The van der Waals surface area contributed by atoms with Crippen molar-refractivity contribution in [3.8, 4) is 11.6 Å². The Balaban J connectivity index is 1.65. The molecule has 22 heavy (non-hydrogen) atoms. The molecule has 0 saturated heterocycles. The van der Waals surface area contributed by atoms with Gasteiger partial charge in [-0.1, -0.05) is 5.16 Å². The third kappa shape index (κ3) is 2.66. The van der Waals surface area contributed by atoms with Crippen molar-refractivity contribution in [2.24, 2.45) is 5.92 Å². The summed E-state index contributed by atoms with van der Waals surface area (Å²) in [4.78, 5) is 4.49. The first-order chi connectivity index (χ1) is 10.8. The highest BCUT2D eigenvalue weighted by Crippen LogP contribution is 2.34. The molecule has 0 bridgehead atoms. The Hall–Kier alpha value is -1.73. The molecule has 1 saturated carbocycles. The molecule has 2 aromatic heterocycles. The van der Waals surface area contributed by atoms with Gasteiger partial charge in [0.25, 0.3) is 5.89 Å². The molecule has 1 N–H and O–H groups in total. The van der Waals surface area contributed by atoms with Crippen molar-refractivity contribution in [3.63, 3.8) is 0 Å². The van der Waals surface area contributed by atoms with Gasteiger partial charge in [-0.25, -0.2) is 0 Å². The van der Waals surface area contributed by atoms with Crippen LogP contribution >= 0.6 is 0 Å². The Morgan fingerprint density at radius 2 is 2.27 bits per heavy atom. The van der Waals surface area contributed by atoms with E-state index in [0.29, 0.717) is 18.3 Å². The van der Waals surface area contributed by atoms with Gasteiger partial charge in [0.2, 0.25) is 0 Å². The van der Waals surface area contributed by atoms with Crippen molar-refractivity contribution < 1.29 is 9.26 Å². The Kier molecular flexibility index (Phi) is 3.67. The van der Waals surface area contributed by atoms with Gasteiger partial charge in [0.05, 0.1) is 13.2 Å². The van der Waals surface area contributed by atoms with Gasteiger partial charge in [-0.15, -0.1) is 0 Å². The average Bonchev–Trinajstić information content (AvgIpc) is 3.11. The van der Waals surface area contributed by atoms with Crippen LogP contribution in [0.3, 0.4) is 0 Å². The van der Waals surface area contributed by atoms with Crippen LogP contribution in [0.2, 0.25) is 0 Å². The predicted molar refractivity (Wildman–Crippen MR) is 79.2 cm³/mol. The lowest BCUT2D eigenvalue weighted by atomic mass is 10.1. The van der Waals surface area contributed by atoms with Crippen molar-refractivity contribution in [2.45, 2.75) is 38.8 Å². The zero-order chi connectivity index (χ0) is 14.9. The van der Waals surface area contributed by atoms with Crippen molar-refractivity contribution in [1.82, 2.24) is 25.2 Å². The first-order valence-electron chi connectivity index (χ1n) is 7.99. The van der Waals surface area contributed by atoms with E-state index in [-0.39, 0.29) is 0 Å². The molecular formula is C15H21N5O2. The van der Waals surface area contributed by atoms with Crippen LogP contribution in [-0.4, -0.2) is 40.1 Å². The van der Waals surface area contributed by atoms with Crippen LogP contribution in [0.1, 0.15) is 29.9 Å². The number of aromatic nitrogens is 4. The summed E-state index contributed by atoms with van der Waals surface area (Å²) in [6.45, 7) is 3.18. The van der Waals surface area contributed by atoms with Crippen molar-refractivity contribution >= 4 is 0 Å². The summed E-state index contributed by atoms with van der Waals surface area (Å²) in [5, 5.41) is 11.9. The maximum atomic E-state index is 5.61. The van der Waals surface area contributed by atoms with E-state index in [4.69, 9.17) is 14.4 Å². The van der Waals surface area contributed by atoms with E-state index in [1.54, 1.807) is 0 Å². The molecule has 4 rings (SSSR count). The van der Waals surface area contributed by atoms with E-state index in [9.17, 15) is 0 Å². The summed E-state index contributed by atoms with van der Waals surface area (Å²) < 4.78 is 13.2. The molecule has 7 nitrogen and oxygen atoms in total. The minimum absolute atomic E-state index is 0.516. The molecule has 0 spiro atoms. The summed E-state index contributed by atoms with van der Waals surface area (Å²) in [5.41, 5.74) is 3.21. The molecule has 2 aromatic rings. The van der Waals surface area contributed by atoms with Crippen LogP contribution in [0.5, 0.6) is 0 Å².